The molecule has 0 aliphatic carbocycles. The molecule has 21 heavy (non-hydrogen) atoms. The standard InChI is InChI=1S/C13H15N3O4S/c1-8(13(17)15-2)20-10-5-6-11(21(14,18)19)9-4-3-7-16-12(9)10/h3-8H,1-2H3,(H,15,17)(H2,14,18,19). The number of nitrogens with one attached hydrogen (secondary N) is 1. The number of rotatable bonds is 4. The molecule has 0 fully saturated rings. The first-order valence-corrected chi connectivity index (χ1v) is 7.68. The number of aromatic nitrogens is 1. The lowest BCUT2D eigenvalue weighted by molar-refractivity contribution is -0.126. The van der Waals surface area contributed by atoms with Crippen LogP contribution in [-0.4, -0.2) is 32.5 Å². The van der Waals surface area contributed by atoms with E-state index in [9.17, 15) is 13.2 Å². The van der Waals surface area contributed by atoms with Crippen LogP contribution in [-0.2, 0) is 14.8 Å². The van der Waals surface area contributed by atoms with Crippen LogP contribution in [0.3, 0.4) is 0 Å². The molecule has 0 aliphatic rings. The molecule has 1 amide bonds. The van der Waals surface area contributed by atoms with Crippen molar-refractivity contribution < 1.29 is 17.9 Å². The minimum atomic E-state index is -3.87. The van der Waals surface area contributed by atoms with Gasteiger partial charge in [0.15, 0.2) is 6.10 Å². The van der Waals surface area contributed by atoms with Crippen molar-refractivity contribution in [3.8, 4) is 5.75 Å². The topological polar surface area (TPSA) is 111 Å². The van der Waals surface area contributed by atoms with Gasteiger partial charge in [0.1, 0.15) is 11.3 Å². The van der Waals surface area contributed by atoms with Gasteiger partial charge in [-0.1, -0.05) is 0 Å². The molecule has 112 valence electrons. The van der Waals surface area contributed by atoms with Crippen LogP contribution in [0.4, 0.5) is 0 Å². The Morgan fingerprint density at radius 1 is 1.38 bits per heavy atom. The van der Waals surface area contributed by atoms with Gasteiger partial charge in [0.25, 0.3) is 5.91 Å². The molecule has 0 aliphatic heterocycles. The largest absolute Gasteiger partial charge is 0.479 e. The summed E-state index contributed by atoms with van der Waals surface area (Å²) in [5, 5.41) is 8.00. The summed E-state index contributed by atoms with van der Waals surface area (Å²) >= 11 is 0. The lowest BCUT2D eigenvalue weighted by Gasteiger charge is -2.15. The number of amides is 1. The first-order chi connectivity index (χ1) is 9.84. The Labute approximate surface area is 122 Å². The van der Waals surface area contributed by atoms with Gasteiger partial charge >= 0.3 is 0 Å². The Bertz CT molecular complexity index is 789. The molecule has 1 heterocycles. The molecule has 0 saturated carbocycles. The molecule has 1 atom stereocenters. The Hall–Kier alpha value is -2.19. The summed E-state index contributed by atoms with van der Waals surface area (Å²) in [4.78, 5) is 15.6. The third kappa shape index (κ3) is 3.11. The summed E-state index contributed by atoms with van der Waals surface area (Å²) in [6, 6.07) is 5.96. The number of hydrogen-bond donors (Lipinski definition) is 2. The van der Waals surface area contributed by atoms with Crippen LogP contribution in [0.25, 0.3) is 10.9 Å². The maximum atomic E-state index is 11.6. The molecule has 1 aromatic heterocycles. The molecule has 1 unspecified atom stereocenters. The van der Waals surface area contributed by atoms with Crippen molar-refractivity contribution in [2.24, 2.45) is 5.14 Å². The minimum Gasteiger partial charge on any atom is -0.479 e. The molecule has 8 heteroatoms. The number of nitrogens with two attached hydrogens (primary N) is 1. The summed E-state index contributed by atoms with van der Waals surface area (Å²) < 4.78 is 28.7. The number of hydrogen-bond acceptors (Lipinski definition) is 5. The Morgan fingerprint density at radius 3 is 2.71 bits per heavy atom. The predicted octanol–water partition coefficient (Wildman–Crippen LogP) is 0.396. The summed E-state index contributed by atoms with van der Waals surface area (Å²) in [7, 11) is -2.37. The van der Waals surface area contributed by atoms with Gasteiger partial charge in [0.2, 0.25) is 10.0 Å². The zero-order chi connectivity index (χ0) is 15.6. The average Bonchev–Trinajstić information content (AvgIpc) is 2.45. The molecule has 2 rings (SSSR count). The van der Waals surface area contributed by atoms with Gasteiger partial charge in [-0.3, -0.25) is 9.78 Å². The molecular weight excluding hydrogens is 294 g/mol. The number of carbonyl (C=O) groups is 1. The second kappa shape index (κ2) is 5.66. The number of carbonyl (C=O) groups excluding carboxylic acids is 1. The molecule has 0 bridgehead atoms. The molecular formula is C13H15N3O4S. The zero-order valence-electron chi connectivity index (χ0n) is 11.5. The SMILES string of the molecule is CNC(=O)C(C)Oc1ccc(S(N)(=O)=O)c2cccnc12. The third-order valence-electron chi connectivity index (χ3n) is 2.92. The number of likely N-dealkylation sites (N-methyl/N-ethyl adjacent to an activating group) is 1. The number of ether oxygens (including phenoxy) is 1. The van der Waals surface area contributed by atoms with E-state index in [0.29, 0.717) is 16.7 Å². The number of nitrogens with zero attached hydrogens (tertiary/aromatic N) is 1. The van der Waals surface area contributed by atoms with Crippen molar-refractivity contribution in [3.05, 3.63) is 30.5 Å². The number of pyridine rings is 1. The van der Waals surface area contributed by atoms with Crippen molar-refractivity contribution in [2.45, 2.75) is 17.9 Å². The van der Waals surface area contributed by atoms with Gasteiger partial charge in [0.05, 0.1) is 4.90 Å². The van der Waals surface area contributed by atoms with Crippen molar-refractivity contribution in [1.82, 2.24) is 10.3 Å². The van der Waals surface area contributed by atoms with E-state index in [1.165, 1.54) is 25.4 Å². The van der Waals surface area contributed by atoms with E-state index < -0.39 is 16.1 Å². The van der Waals surface area contributed by atoms with Gasteiger partial charge in [-0.15, -0.1) is 0 Å². The molecule has 2 aromatic rings. The number of benzene rings is 1. The van der Waals surface area contributed by atoms with Gasteiger partial charge in [0, 0.05) is 18.6 Å². The molecule has 7 nitrogen and oxygen atoms in total. The maximum Gasteiger partial charge on any atom is 0.260 e. The monoisotopic (exact) mass is 309 g/mol. The quantitative estimate of drug-likeness (QED) is 0.849. The summed E-state index contributed by atoms with van der Waals surface area (Å²) in [5.74, 6) is 0.0173. The first kappa shape index (κ1) is 15.2. The average molecular weight is 309 g/mol. The Morgan fingerprint density at radius 2 is 2.10 bits per heavy atom. The predicted molar refractivity (Wildman–Crippen MR) is 77.3 cm³/mol. The van der Waals surface area contributed by atoms with Gasteiger partial charge in [-0.05, 0) is 31.2 Å². The van der Waals surface area contributed by atoms with Gasteiger partial charge in [-0.2, -0.15) is 0 Å². The van der Waals surface area contributed by atoms with Crippen LogP contribution in [0.5, 0.6) is 5.75 Å². The second-order valence-electron chi connectivity index (χ2n) is 4.38. The second-order valence-corrected chi connectivity index (χ2v) is 5.91. The lowest BCUT2D eigenvalue weighted by Crippen LogP contribution is -2.33. The van der Waals surface area contributed by atoms with E-state index in [0.717, 1.165) is 0 Å². The fraction of sp³-hybridized carbons (Fsp3) is 0.231. The normalized spacial score (nSPS) is 12.9. The van der Waals surface area contributed by atoms with E-state index in [4.69, 9.17) is 9.88 Å². The number of primary sulfonamides is 1. The maximum absolute atomic E-state index is 11.6. The van der Waals surface area contributed by atoms with Gasteiger partial charge < -0.3 is 10.1 Å². The lowest BCUT2D eigenvalue weighted by atomic mass is 10.2. The first-order valence-electron chi connectivity index (χ1n) is 6.13. The van der Waals surface area contributed by atoms with Crippen LogP contribution in [0.1, 0.15) is 6.92 Å². The zero-order valence-corrected chi connectivity index (χ0v) is 12.3. The smallest absolute Gasteiger partial charge is 0.260 e. The highest BCUT2D eigenvalue weighted by atomic mass is 32.2. The fourth-order valence-corrected chi connectivity index (χ4v) is 2.64. The highest BCUT2D eigenvalue weighted by molar-refractivity contribution is 7.89. The van der Waals surface area contributed by atoms with Crippen molar-refractivity contribution in [3.63, 3.8) is 0 Å². The summed E-state index contributed by atoms with van der Waals surface area (Å²) in [5.41, 5.74) is 0.333. The Kier molecular flexibility index (Phi) is 4.10. The van der Waals surface area contributed by atoms with Crippen LogP contribution in [0.15, 0.2) is 35.4 Å². The highest BCUT2D eigenvalue weighted by Gasteiger charge is 2.19. The highest BCUT2D eigenvalue weighted by Crippen LogP contribution is 2.29. The summed E-state index contributed by atoms with van der Waals surface area (Å²) in [6.07, 6.45) is 0.771. The van der Waals surface area contributed by atoms with Crippen molar-refractivity contribution >= 4 is 26.8 Å². The van der Waals surface area contributed by atoms with Crippen LogP contribution in [0, 0.1) is 0 Å². The van der Waals surface area contributed by atoms with Gasteiger partial charge in [-0.25, -0.2) is 13.6 Å². The molecule has 0 radical (unpaired) electrons. The van der Waals surface area contributed by atoms with E-state index in [1.54, 1.807) is 19.1 Å². The van der Waals surface area contributed by atoms with Crippen molar-refractivity contribution in [1.29, 1.82) is 0 Å². The minimum absolute atomic E-state index is 0.0365. The van der Waals surface area contributed by atoms with E-state index in [2.05, 4.69) is 10.3 Å². The van der Waals surface area contributed by atoms with Crippen LogP contribution >= 0.6 is 0 Å². The van der Waals surface area contributed by atoms with Crippen LogP contribution < -0.4 is 15.2 Å². The molecule has 0 saturated heterocycles. The number of fused-ring (bicyclic) bond motifs is 1. The molecule has 0 spiro atoms. The van der Waals surface area contributed by atoms with E-state index in [-0.39, 0.29) is 10.8 Å². The van der Waals surface area contributed by atoms with Crippen LogP contribution in [0.2, 0.25) is 0 Å². The fourth-order valence-electron chi connectivity index (χ4n) is 1.91. The van der Waals surface area contributed by atoms with E-state index in [1.807, 2.05) is 0 Å². The summed E-state index contributed by atoms with van der Waals surface area (Å²) in [6.45, 7) is 1.58. The molecule has 1 aromatic carbocycles. The van der Waals surface area contributed by atoms with E-state index >= 15 is 0 Å². The number of sulfonamides is 1. The van der Waals surface area contributed by atoms with Crippen molar-refractivity contribution in [2.75, 3.05) is 7.05 Å². The third-order valence-corrected chi connectivity index (χ3v) is 3.89. The Balaban J connectivity index is 2.56. The molecule has 3 N–H and O–H groups in total.